The number of nitrogens with zero attached hydrogens (tertiary/aromatic N) is 1. The second-order valence-electron chi connectivity index (χ2n) is 3.21. The Hall–Kier alpha value is -0.570. The standard InChI is InChI=1S/C8H16N2O.C2H6/c1-7(11)10-4-2-3-8(5-9)6-10;1-2/h8H,2-6,9H2,1H3;1-2H3. The van der Waals surface area contributed by atoms with Crippen molar-refractivity contribution in [1.82, 2.24) is 4.90 Å². The largest absolute Gasteiger partial charge is 0.343 e. The van der Waals surface area contributed by atoms with Crippen LogP contribution in [0.2, 0.25) is 0 Å². The molecule has 0 aromatic rings. The van der Waals surface area contributed by atoms with Crippen LogP contribution in [-0.2, 0) is 4.79 Å². The van der Waals surface area contributed by atoms with Gasteiger partial charge in [-0.15, -0.1) is 0 Å². The molecule has 0 aromatic heterocycles. The number of nitrogens with two attached hydrogens (primary N) is 1. The minimum Gasteiger partial charge on any atom is -0.343 e. The van der Waals surface area contributed by atoms with E-state index >= 15 is 0 Å². The van der Waals surface area contributed by atoms with Crippen LogP contribution in [0, 0.1) is 5.92 Å². The fraction of sp³-hybridized carbons (Fsp3) is 0.900. The molecule has 78 valence electrons. The van der Waals surface area contributed by atoms with E-state index in [1.165, 1.54) is 6.42 Å². The van der Waals surface area contributed by atoms with Gasteiger partial charge in [0.15, 0.2) is 0 Å². The summed E-state index contributed by atoms with van der Waals surface area (Å²) in [6.07, 6.45) is 2.29. The first-order valence-electron chi connectivity index (χ1n) is 5.19. The third-order valence-corrected chi connectivity index (χ3v) is 2.30. The van der Waals surface area contributed by atoms with Gasteiger partial charge in [-0.25, -0.2) is 0 Å². The smallest absolute Gasteiger partial charge is 0.219 e. The molecule has 1 fully saturated rings. The molecule has 0 bridgehead atoms. The van der Waals surface area contributed by atoms with Gasteiger partial charge in [0.25, 0.3) is 0 Å². The molecule has 0 saturated carbocycles. The number of hydrogen-bond donors (Lipinski definition) is 1. The molecule has 1 unspecified atom stereocenters. The lowest BCUT2D eigenvalue weighted by Crippen LogP contribution is -2.40. The summed E-state index contributed by atoms with van der Waals surface area (Å²) in [6, 6.07) is 0. The first-order chi connectivity index (χ1) is 6.24. The zero-order chi connectivity index (χ0) is 10.3. The first kappa shape index (κ1) is 12.4. The van der Waals surface area contributed by atoms with E-state index in [0.717, 1.165) is 19.5 Å². The predicted molar refractivity (Wildman–Crippen MR) is 55.4 cm³/mol. The van der Waals surface area contributed by atoms with Gasteiger partial charge in [0.05, 0.1) is 0 Å². The highest BCUT2D eigenvalue weighted by molar-refractivity contribution is 5.73. The Labute approximate surface area is 81.3 Å². The van der Waals surface area contributed by atoms with E-state index in [0.29, 0.717) is 12.5 Å². The van der Waals surface area contributed by atoms with Crippen LogP contribution in [0.25, 0.3) is 0 Å². The Bertz CT molecular complexity index is 148. The Morgan fingerprint density at radius 2 is 2.15 bits per heavy atom. The number of rotatable bonds is 1. The van der Waals surface area contributed by atoms with Crippen molar-refractivity contribution in [3.8, 4) is 0 Å². The van der Waals surface area contributed by atoms with Crippen LogP contribution in [0.4, 0.5) is 0 Å². The van der Waals surface area contributed by atoms with E-state index in [1.807, 2.05) is 18.7 Å². The SMILES string of the molecule is CC.CC(=O)N1CCCC(CN)C1. The van der Waals surface area contributed by atoms with Gasteiger partial charge in [-0.3, -0.25) is 4.79 Å². The summed E-state index contributed by atoms with van der Waals surface area (Å²) in [4.78, 5) is 12.8. The van der Waals surface area contributed by atoms with E-state index in [4.69, 9.17) is 5.73 Å². The van der Waals surface area contributed by atoms with E-state index in [-0.39, 0.29) is 5.91 Å². The van der Waals surface area contributed by atoms with Crippen molar-refractivity contribution < 1.29 is 4.79 Å². The van der Waals surface area contributed by atoms with Gasteiger partial charge in [-0.1, -0.05) is 13.8 Å². The van der Waals surface area contributed by atoms with Gasteiger partial charge < -0.3 is 10.6 Å². The van der Waals surface area contributed by atoms with Crippen LogP contribution in [0.5, 0.6) is 0 Å². The fourth-order valence-corrected chi connectivity index (χ4v) is 1.54. The second-order valence-corrected chi connectivity index (χ2v) is 3.21. The minimum atomic E-state index is 0.183. The number of piperidine rings is 1. The highest BCUT2D eigenvalue weighted by atomic mass is 16.2. The van der Waals surface area contributed by atoms with Gasteiger partial charge >= 0.3 is 0 Å². The van der Waals surface area contributed by atoms with Crippen molar-refractivity contribution >= 4 is 5.91 Å². The number of carbonyl (C=O) groups is 1. The van der Waals surface area contributed by atoms with Crippen molar-refractivity contribution in [1.29, 1.82) is 0 Å². The second kappa shape index (κ2) is 6.89. The van der Waals surface area contributed by atoms with Crippen LogP contribution < -0.4 is 5.73 Å². The lowest BCUT2D eigenvalue weighted by Gasteiger charge is -2.31. The molecule has 1 rings (SSSR count). The molecule has 1 heterocycles. The maximum absolute atomic E-state index is 10.9. The normalized spacial score (nSPS) is 21.8. The zero-order valence-corrected chi connectivity index (χ0v) is 9.05. The summed E-state index contributed by atoms with van der Waals surface area (Å²) in [6.45, 7) is 8.13. The van der Waals surface area contributed by atoms with Gasteiger partial charge in [0.1, 0.15) is 0 Å². The van der Waals surface area contributed by atoms with Gasteiger partial charge in [-0.2, -0.15) is 0 Å². The molecule has 3 heteroatoms. The molecular formula is C10H22N2O. The maximum atomic E-state index is 10.9. The highest BCUT2D eigenvalue weighted by Crippen LogP contribution is 2.14. The van der Waals surface area contributed by atoms with Crippen molar-refractivity contribution in [2.75, 3.05) is 19.6 Å². The molecule has 13 heavy (non-hydrogen) atoms. The highest BCUT2D eigenvalue weighted by Gasteiger charge is 2.19. The summed E-state index contributed by atoms with van der Waals surface area (Å²) < 4.78 is 0. The van der Waals surface area contributed by atoms with Crippen molar-refractivity contribution in [2.24, 2.45) is 11.7 Å². The molecule has 0 aliphatic carbocycles. The Morgan fingerprint density at radius 1 is 1.54 bits per heavy atom. The van der Waals surface area contributed by atoms with Crippen LogP contribution in [-0.4, -0.2) is 30.4 Å². The van der Waals surface area contributed by atoms with E-state index in [9.17, 15) is 4.79 Å². The van der Waals surface area contributed by atoms with Crippen LogP contribution >= 0.6 is 0 Å². The molecule has 1 saturated heterocycles. The monoisotopic (exact) mass is 186 g/mol. The zero-order valence-electron chi connectivity index (χ0n) is 9.05. The van der Waals surface area contributed by atoms with E-state index < -0.39 is 0 Å². The summed E-state index contributed by atoms with van der Waals surface area (Å²) in [5, 5.41) is 0. The molecular weight excluding hydrogens is 164 g/mol. The predicted octanol–water partition coefficient (Wildman–Crippen LogP) is 1.23. The average Bonchev–Trinajstić information content (AvgIpc) is 2.21. The van der Waals surface area contributed by atoms with E-state index in [1.54, 1.807) is 6.92 Å². The lowest BCUT2D eigenvalue weighted by molar-refractivity contribution is -0.130. The number of amides is 1. The maximum Gasteiger partial charge on any atom is 0.219 e. The Kier molecular flexibility index (Phi) is 6.59. The number of hydrogen-bond acceptors (Lipinski definition) is 2. The third kappa shape index (κ3) is 4.27. The van der Waals surface area contributed by atoms with Crippen molar-refractivity contribution in [3.63, 3.8) is 0 Å². The molecule has 1 aliphatic rings. The molecule has 0 spiro atoms. The third-order valence-electron chi connectivity index (χ3n) is 2.30. The average molecular weight is 186 g/mol. The molecule has 1 aliphatic heterocycles. The number of likely N-dealkylation sites (tertiary alicyclic amines) is 1. The molecule has 0 aromatic carbocycles. The van der Waals surface area contributed by atoms with Gasteiger partial charge in [0, 0.05) is 20.0 Å². The summed E-state index contributed by atoms with van der Waals surface area (Å²) in [5.41, 5.74) is 5.53. The summed E-state index contributed by atoms with van der Waals surface area (Å²) in [5.74, 6) is 0.718. The van der Waals surface area contributed by atoms with Crippen LogP contribution in [0.1, 0.15) is 33.6 Å². The summed E-state index contributed by atoms with van der Waals surface area (Å²) >= 11 is 0. The quantitative estimate of drug-likeness (QED) is 0.669. The Balaban J connectivity index is 0.000000671. The van der Waals surface area contributed by atoms with Crippen molar-refractivity contribution in [3.05, 3.63) is 0 Å². The topological polar surface area (TPSA) is 46.3 Å². The molecule has 2 N–H and O–H groups in total. The first-order valence-corrected chi connectivity index (χ1v) is 5.19. The lowest BCUT2D eigenvalue weighted by atomic mass is 9.98. The van der Waals surface area contributed by atoms with E-state index in [2.05, 4.69) is 0 Å². The molecule has 3 nitrogen and oxygen atoms in total. The van der Waals surface area contributed by atoms with Crippen LogP contribution in [0.3, 0.4) is 0 Å². The molecule has 1 atom stereocenters. The molecule has 0 radical (unpaired) electrons. The Morgan fingerprint density at radius 3 is 2.62 bits per heavy atom. The van der Waals surface area contributed by atoms with Crippen LogP contribution in [0.15, 0.2) is 0 Å². The summed E-state index contributed by atoms with van der Waals surface area (Å²) in [7, 11) is 0. The fourth-order valence-electron chi connectivity index (χ4n) is 1.54. The van der Waals surface area contributed by atoms with Crippen molar-refractivity contribution in [2.45, 2.75) is 33.6 Å². The van der Waals surface area contributed by atoms with Gasteiger partial charge in [0.2, 0.25) is 5.91 Å². The van der Waals surface area contributed by atoms with Gasteiger partial charge in [-0.05, 0) is 25.3 Å². The molecule has 1 amide bonds. The number of carbonyl (C=O) groups excluding carboxylic acids is 1. The minimum absolute atomic E-state index is 0.183.